The molecule has 1 fully saturated rings. The summed E-state index contributed by atoms with van der Waals surface area (Å²) in [5.41, 5.74) is -0.422. The molecule has 2 aromatic rings. The molecule has 0 saturated carbocycles. The molecule has 2 unspecified atom stereocenters. The van der Waals surface area contributed by atoms with Crippen LogP contribution in [0.1, 0.15) is 30.1 Å². The largest absolute Gasteiger partial charge is 0.474 e. The SMILES string of the molecule is O=C(OCC1CCCN1)C(Oc1cccc(C(F)(F)F)c1)c1ccc(Cl)cc1. The molecular formula is C20H19ClF3NO3. The molecule has 150 valence electrons. The van der Waals surface area contributed by atoms with Crippen molar-refractivity contribution >= 4 is 17.6 Å². The summed E-state index contributed by atoms with van der Waals surface area (Å²) in [4.78, 5) is 12.6. The Balaban J connectivity index is 1.79. The molecule has 4 nitrogen and oxygen atoms in total. The maximum absolute atomic E-state index is 13.0. The van der Waals surface area contributed by atoms with E-state index in [4.69, 9.17) is 21.1 Å². The van der Waals surface area contributed by atoms with Gasteiger partial charge in [0.15, 0.2) is 0 Å². The van der Waals surface area contributed by atoms with E-state index in [9.17, 15) is 18.0 Å². The van der Waals surface area contributed by atoms with E-state index in [2.05, 4.69) is 5.32 Å². The lowest BCUT2D eigenvalue weighted by Crippen LogP contribution is -2.30. The quantitative estimate of drug-likeness (QED) is 0.693. The highest BCUT2D eigenvalue weighted by Gasteiger charge is 2.32. The van der Waals surface area contributed by atoms with Gasteiger partial charge in [-0.3, -0.25) is 0 Å². The van der Waals surface area contributed by atoms with E-state index in [1.807, 2.05) is 0 Å². The van der Waals surface area contributed by atoms with E-state index in [0.717, 1.165) is 31.5 Å². The summed E-state index contributed by atoms with van der Waals surface area (Å²) in [7, 11) is 0. The Bertz CT molecular complexity index is 805. The minimum absolute atomic E-state index is 0.0726. The number of carbonyl (C=O) groups is 1. The van der Waals surface area contributed by atoms with Gasteiger partial charge in [-0.2, -0.15) is 13.2 Å². The molecule has 28 heavy (non-hydrogen) atoms. The molecule has 0 bridgehead atoms. The van der Waals surface area contributed by atoms with Crippen molar-refractivity contribution in [1.82, 2.24) is 5.32 Å². The first kappa shape index (κ1) is 20.5. The molecule has 1 saturated heterocycles. The van der Waals surface area contributed by atoms with Gasteiger partial charge in [-0.1, -0.05) is 29.8 Å². The van der Waals surface area contributed by atoms with Crippen LogP contribution in [0.4, 0.5) is 13.2 Å². The van der Waals surface area contributed by atoms with Crippen LogP contribution in [-0.4, -0.2) is 25.2 Å². The Kier molecular flexibility index (Phi) is 6.46. The second-order valence-corrected chi connectivity index (χ2v) is 6.93. The fourth-order valence-corrected chi connectivity index (χ4v) is 3.05. The highest BCUT2D eigenvalue weighted by Crippen LogP contribution is 2.33. The molecule has 0 spiro atoms. The van der Waals surface area contributed by atoms with Gasteiger partial charge in [-0.15, -0.1) is 0 Å². The Hall–Kier alpha value is -2.25. The van der Waals surface area contributed by atoms with Crippen LogP contribution in [0, 0.1) is 0 Å². The first-order valence-electron chi connectivity index (χ1n) is 8.82. The number of hydrogen-bond acceptors (Lipinski definition) is 4. The molecule has 3 rings (SSSR count). The standard InChI is InChI=1S/C20H19ClF3NO3/c21-15-8-6-13(7-9-15)18(19(26)27-12-16-4-2-10-25-16)28-17-5-1-3-14(11-17)20(22,23)24/h1,3,5-9,11,16,18,25H,2,4,10,12H2. The van der Waals surface area contributed by atoms with Crippen molar-refractivity contribution in [1.29, 1.82) is 0 Å². The van der Waals surface area contributed by atoms with Crippen molar-refractivity contribution in [3.05, 3.63) is 64.7 Å². The normalized spacial score (nSPS) is 17.9. The molecular weight excluding hydrogens is 395 g/mol. The predicted molar refractivity (Wildman–Crippen MR) is 98.2 cm³/mol. The summed E-state index contributed by atoms with van der Waals surface area (Å²) < 4.78 is 49.8. The van der Waals surface area contributed by atoms with E-state index in [1.165, 1.54) is 12.1 Å². The molecule has 0 radical (unpaired) electrons. The van der Waals surface area contributed by atoms with Crippen LogP contribution in [0.15, 0.2) is 48.5 Å². The molecule has 0 aliphatic carbocycles. The van der Waals surface area contributed by atoms with Gasteiger partial charge in [0.1, 0.15) is 12.4 Å². The van der Waals surface area contributed by atoms with Gasteiger partial charge in [0.2, 0.25) is 6.10 Å². The number of rotatable bonds is 6. The van der Waals surface area contributed by atoms with Gasteiger partial charge in [0.05, 0.1) is 5.56 Å². The zero-order valence-corrected chi connectivity index (χ0v) is 15.6. The average molecular weight is 414 g/mol. The monoisotopic (exact) mass is 413 g/mol. The number of alkyl halides is 3. The van der Waals surface area contributed by atoms with E-state index >= 15 is 0 Å². The van der Waals surface area contributed by atoms with Crippen molar-refractivity contribution in [2.45, 2.75) is 31.2 Å². The Morgan fingerprint density at radius 2 is 1.96 bits per heavy atom. The number of carbonyl (C=O) groups excluding carboxylic acids is 1. The maximum Gasteiger partial charge on any atom is 0.416 e. The predicted octanol–water partition coefficient (Wildman–Crippen LogP) is 4.77. The summed E-state index contributed by atoms with van der Waals surface area (Å²) in [6, 6.07) is 10.8. The molecule has 2 atom stereocenters. The first-order chi connectivity index (χ1) is 13.3. The highest BCUT2D eigenvalue weighted by atomic mass is 35.5. The van der Waals surface area contributed by atoms with Crippen LogP contribution in [-0.2, 0) is 15.7 Å². The van der Waals surface area contributed by atoms with Crippen LogP contribution in [0.5, 0.6) is 5.75 Å². The average Bonchev–Trinajstić information content (AvgIpc) is 3.18. The van der Waals surface area contributed by atoms with Crippen LogP contribution < -0.4 is 10.1 Å². The minimum atomic E-state index is -4.51. The molecule has 1 aliphatic rings. The fraction of sp³-hybridized carbons (Fsp3) is 0.350. The topological polar surface area (TPSA) is 47.6 Å². The zero-order valence-electron chi connectivity index (χ0n) is 14.8. The number of halogens is 4. The number of nitrogens with one attached hydrogen (secondary N) is 1. The van der Waals surface area contributed by atoms with Crippen LogP contribution in [0.25, 0.3) is 0 Å². The summed E-state index contributed by atoms with van der Waals surface area (Å²) in [6.45, 7) is 1.04. The van der Waals surface area contributed by atoms with Crippen LogP contribution in [0.3, 0.4) is 0 Å². The van der Waals surface area contributed by atoms with E-state index < -0.39 is 23.8 Å². The van der Waals surface area contributed by atoms with Gasteiger partial charge in [0.25, 0.3) is 0 Å². The summed E-state index contributed by atoms with van der Waals surface area (Å²) in [5.74, 6) is -0.751. The van der Waals surface area contributed by atoms with Gasteiger partial charge in [0, 0.05) is 16.6 Å². The van der Waals surface area contributed by atoms with E-state index in [-0.39, 0.29) is 18.4 Å². The lowest BCUT2D eigenvalue weighted by Gasteiger charge is -2.20. The number of benzene rings is 2. The number of hydrogen-bond donors (Lipinski definition) is 1. The minimum Gasteiger partial charge on any atom is -0.474 e. The van der Waals surface area contributed by atoms with Gasteiger partial charge >= 0.3 is 12.1 Å². The highest BCUT2D eigenvalue weighted by molar-refractivity contribution is 6.30. The third-order valence-corrected chi connectivity index (χ3v) is 4.64. The zero-order chi connectivity index (χ0) is 20.1. The lowest BCUT2D eigenvalue weighted by atomic mass is 10.1. The lowest BCUT2D eigenvalue weighted by molar-refractivity contribution is -0.153. The Labute approximate surface area is 165 Å². The van der Waals surface area contributed by atoms with Crippen LogP contribution in [0.2, 0.25) is 5.02 Å². The Morgan fingerprint density at radius 3 is 2.61 bits per heavy atom. The van der Waals surface area contributed by atoms with Crippen molar-refractivity contribution in [3.63, 3.8) is 0 Å². The first-order valence-corrected chi connectivity index (χ1v) is 9.20. The van der Waals surface area contributed by atoms with Crippen molar-refractivity contribution in [2.75, 3.05) is 13.2 Å². The smallest absolute Gasteiger partial charge is 0.416 e. The molecule has 1 N–H and O–H groups in total. The summed E-state index contributed by atoms with van der Waals surface area (Å²) >= 11 is 5.88. The van der Waals surface area contributed by atoms with Crippen molar-refractivity contribution < 1.29 is 27.4 Å². The molecule has 8 heteroatoms. The third-order valence-electron chi connectivity index (χ3n) is 4.39. The van der Waals surface area contributed by atoms with E-state index in [1.54, 1.807) is 24.3 Å². The van der Waals surface area contributed by atoms with E-state index in [0.29, 0.717) is 10.6 Å². The maximum atomic E-state index is 13.0. The number of esters is 1. The third kappa shape index (κ3) is 5.39. The fourth-order valence-electron chi connectivity index (χ4n) is 2.93. The van der Waals surface area contributed by atoms with Gasteiger partial charge in [-0.05, 0) is 49.7 Å². The second-order valence-electron chi connectivity index (χ2n) is 6.50. The van der Waals surface area contributed by atoms with Crippen molar-refractivity contribution in [2.24, 2.45) is 0 Å². The molecule has 1 aliphatic heterocycles. The van der Waals surface area contributed by atoms with Crippen molar-refractivity contribution in [3.8, 4) is 5.75 Å². The Morgan fingerprint density at radius 1 is 1.21 bits per heavy atom. The molecule has 0 amide bonds. The van der Waals surface area contributed by atoms with Gasteiger partial charge < -0.3 is 14.8 Å². The summed E-state index contributed by atoms with van der Waals surface area (Å²) in [6.07, 6.45) is -3.82. The molecule has 0 aromatic heterocycles. The van der Waals surface area contributed by atoms with Gasteiger partial charge in [-0.25, -0.2) is 4.79 Å². The molecule has 1 heterocycles. The summed E-state index contributed by atoms with van der Waals surface area (Å²) in [5, 5.41) is 3.67. The second kappa shape index (κ2) is 8.84. The number of ether oxygens (including phenoxy) is 2. The van der Waals surface area contributed by atoms with Crippen LogP contribution >= 0.6 is 11.6 Å². The molecule has 2 aromatic carbocycles.